The molecule has 1 unspecified atom stereocenters. The minimum absolute atomic E-state index is 0.588. The number of halogens is 1. The topological polar surface area (TPSA) is 52.0 Å². The Labute approximate surface area is 137 Å². The lowest BCUT2D eigenvalue weighted by molar-refractivity contribution is 0.157. The van der Waals surface area contributed by atoms with Crippen LogP contribution in [0.4, 0.5) is 15.8 Å². The molecule has 122 valence electrons. The molecule has 0 heterocycles. The van der Waals surface area contributed by atoms with E-state index in [-0.39, 0.29) is 0 Å². The Bertz CT molecular complexity index is 672. The molecule has 2 aromatic rings. The van der Waals surface area contributed by atoms with Gasteiger partial charge in [0.05, 0.1) is 5.41 Å². The lowest BCUT2D eigenvalue weighted by Crippen LogP contribution is -2.41. The number of hydrogen-bond donors (Lipinski definition) is 2. The first-order valence-electron chi connectivity index (χ1n) is 8.32. The summed E-state index contributed by atoms with van der Waals surface area (Å²) in [5.41, 5.74) is 16.9. The fourth-order valence-electron chi connectivity index (χ4n) is 3.85. The van der Waals surface area contributed by atoms with Gasteiger partial charge in [0.2, 0.25) is 0 Å². The van der Waals surface area contributed by atoms with Gasteiger partial charge in [0, 0.05) is 11.4 Å². The van der Waals surface area contributed by atoms with Crippen LogP contribution in [0.25, 0.3) is 0 Å². The van der Waals surface area contributed by atoms with Crippen molar-refractivity contribution in [1.82, 2.24) is 0 Å². The zero-order valence-electron chi connectivity index (χ0n) is 13.9. The van der Waals surface area contributed by atoms with Crippen LogP contribution in [-0.2, 0) is 5.41 Å². The van der Waals surface area contributed by atoms with Gasteiger partial charge in [0.25, 0.3) is 0 Å². The number of hydrogen-bond acceptors (Lipinski definition) is 2. The number of nitrogen functional groups attached to an aromatic ring is 2. The number of aryl methyl sites for hydroxylation is 2. The van der Waals surface area contributed by atoms with E-state index < -0.39 is 11.6 Å². The Morgan fingerprint density at radius 1 is 0.913 bits per heavy atom. The highest BCUT2D eigenvalue weighted by Gasteiger charge is 2.44. The lowest BCUT2D eigenvalue weighted by Gasteiger charge is -2.42. The molecule has 2 nitrogen and oxygen atoms in total. The average Bonchev–Trinajstić information content (AvgIpc) is 2.53. The van der Waals surface area contributed by atoms with E-state index in [1.165, 1.54) is 0 Å². The fourth-order valence-corrected chi connectivity index (χ4v) is 3.85. The summed E-state index contributed by atoms with van der Waals surface area (Å²) in [4.78, 5) is 0. The van der Waals surface area contributed by atoms with E-state index in [1.807, 2.05) is 38.1 Å². The van der Waals surface area contributed by atoms with E-state index in [9.17, 15) is 0 Å². The largest absolute Gasteiger partial charge is 0.399 e. The fraction of sp³-hybridized carbons (Fsp3) is 0.400. The molecular weight excluding hydrogens is 287 g/mol. The van der Waals surface area contributed by atoms with Crippen LogP contribution >= 0.6 is 0 Å². The van der Waals surface area contributed by atoms with E-state index in [1.54, 1.807) is 0 Å². The van der Waals surface area contributed by atoms with Crippen molar-refractivity contribution in [2.24, 2.45) is 0 Å². The highest BCUT2D eigenvalue weighted by atomic mass is 19.1. The number of anilines is 2. The molecule has 1 fully saturated rings. The summed E-state index contributed by atoms with van der Waals surface area (Å²) in [6.07, 6.45) is 2.52. The van der Waals surface area contributed by atoms with Gasteiger partial charge < -0.3 is 11.5 Å². The molecular formula is C20H25FN2. The molecule has 3 rings (SSSR count). The van der Waals surface area contributed by atoms with Crippen molar-refractivity contribution < 1.29 is 4.39 Å². The number of benzene rings is 2. The van der Waals surface area contributed by atoms with Gasteiger partial charge in [0.15, 0.2) is 0 Å². The second kappa shape index (κ2) is 5.88. The Morgan fingerprint density at radius 2 is 1.43 bits per heavy atom. The molecule has 1 saturated carbocycles. The average molecular weight is 312 g/mol. The Hall–Kier alpha value is -2.03. The molecule has 0 saturated heterocycles. The zero-order chi connectivity index (χ0) is 16.6. The molecule has 2 aromatic carbocycles. The monoisotopic (exact) mass is 312 g/mol. The van der Waals surface area contributed by atoms with Crippen molar-refractivity contribution in [2.75, 3.05) is 11.5 Å². The predicted octanol–water partition coefficient (Wildman–Crippen LogP) is 4.67. The van der Waals surface area contributed by atoms with Crippen molar-refractivity contribution in [3.05, 3.63) is 58.7 Å². The second-order valence-electron chi connectivity index (χ2n) is 6.83. The van der Waals surface area contributed by atoms with Crippen molar-refractivity contribution in [3.8, 4) is 0 Å². The van der Waals surface area contributed by atoms with Crippen LogP contribution in [0.1, 0.15) is 47.9 Å². The molecule has 1 aliphatic carbocycles. The van der Waals surface area contributed by atoms with Crippen LogP contribution in [0, 0.1) is 13.8 Å². The van der Waals surface area contributed by atoms with E-state index in [2.05, 4.69) is 12.1 Å². The molecule has 0 aliphatic heterocycles. The number of alkyl halides is 1. The first-order valence-corrected chi connectivity index (χ1v) is 8.32. The minimum atomic E-state index is -0.887. The molecule has 0 bridgehead atoms. The van der Waals surface area contributed by atoms with Crippen molar-refractivity contribution >= 4 is 11.4 Å². The third-order valence-corrected chi connectivity index (χ3v) is 5.38. The summed E-state index contributed by atoms with van der Waals surface area (Å²) >= 11 is 0. The van der Waals surface area contributed by atoms with Gasteiger partial charge in [-0.1, -0.05) is 37.1 Å². The Kier molecular flexibility index (Phi) is 4.05. The van der Waals surface area contributed by atoms with Gasteiger partial charge in [-0.15, -0.1) is 0 Å². The molecule has 0 aromatic heterocycles. The van der Waals surface area contributed by atoms with E-state index >= 15 is 4.39 Å². The van der Waals surface area contributed by atoms with Crippen LogP contribution in [-0.4, -0.2) is 6.17 Å². The highest BCUT2D eigenvalue weighted by Crippen LogP contribution is 2.47. The predicted molar refractivity (Wildman–Crippen MR) is 95.3 cm³/mol. The zero-order valence-corrected chi connectivity index (χ0v) is 13.9. The van der Waals surface area contributed by atoms with Crippen molar-refractivity contribution in [3.63, 3.8) is 0 Å². The quantitative estimate of drug-likeness (QED) is 0.792. The van der Waals surface area contributed by atoms with Crippen molar-refractivity contribution in [1.29, 1.82) is 0 Å². The molecule has 23 heavy (non-hydrogen) atoms. The number of nitrogens with two attached hydrogens (primary N) is 2. The van der Waals surface area contributed by atoms with E-state index in [0.29, 0.717) is 6.42 Å². The standard InChI is InChI=1S/C20H25FN2/c1-13-11-15(6-8-17(13)22)20(10-4-3-5-19(20)21)16-7-9-18(23)14(2)12-16/h6-9,11-12,19H,3-5,10,22-23H2,1-2H3. The molecule has 0 spiro atoms. The highest BCUT2D eigenvalue weighted by molar-refractivity contribution is 5.55. The van der Waals surface area contributed by atoms with E-state index in [4.69, 9.17) is 11.5 Å². The normalized spacial score (nSPS) is 20.4. The molecule has 1 atom stereocenters. The second-order valence-corrected chi connectivity index (χ2v) is 6.83. The summed E-state index contributed by atoms with van der Waals surface area (Å²) in [5.74, 6) is 0. The third-order valence-electron chi connectivity index (χ3n) is 5.38. The Balaban J connectivity index is 2.21. The first kappa shape index (κ1) is 15.9. The summed E-state index contributed by atoms with van der Waals surface area (Å²) in [7, 11) is 0. The SMILES string of the molecule is Cc1cc(C2(c3ccc(N)c(C)c3)CCCCC2F)ccc1N. The molecule has 1 aliphatic rings. The number of rotatable bonds is 2. The minimum Gasteiger partial charge on any atom is -0.399 e. The van der Waals surface area contributed by atoms with Crippen LogP contribution < -0.4 is 11.5 Å². The van der Waals surface area contributed by atoms with Gasteiger partial charge in [-0.25, -0.2) is 4.39 Å². The summed E-state index contributed by atoms with van der Waals surface area (Å²) in [6.45, 7) is 3.97. The smallest absolute Gasteiger partial charge is 0.114 e. The van der Waals surface area contributed by atoms with Gasteiger partial charge in [-0.05, 0) is 61.1 Å². The summed E-state index contributed by atoms with van der Waals surface area (Å²) in [5, 5.41) is 0. The van der Waals surface area contributed by atoms with Gasteiger partial charge >= 0.3 is 0 Å². The molecule has 4 N–H and O–H groups in total. The maximum Gasteiger partial charge on any atom is 0.114 e. The lowest BCUT2D eigenvalue weighted by atomic mass is 9.63. The van der Waals surface area contributed by atoms with Gasteiger partial charge in [-0.3, -0.25) is 0 Å². The van der Waals surface area contributed by atoms with Gasteiger partial charge in [-0.2, -0.15) is 0 Å². The Morgan fingerprint density at radius 3 is 1.87 bits per heavy atom. The van der Waals surface area contributed by atoms with Gasteiger partial charge in [0.1, 0.15) is 6.17 Å². The third kappa shape index (κ3) is 2.58. The summed E-state index contributed by atoms with van der Waals surface area (Å²) < 4.78 is 15.3. The maximum atomic E-state index is 15.3. The maximum absolute atomic E-state index is 15.3. The first-order chi connectivity index (χ1) is 10.9. The molecule has 3 heteroatoms. The molecule has 0 amide bonds. The van der Waals surface area contributed by atoms with Crippen LogP contribution in [0.5, 0.6) is 0 Å². The summed E-state index contributed by atoms with van der Waals surface area (Å²) in [6, 6.07) is 11.9. The molecule has 0 radical (unpaired) electrons. The van der Waals surface area contributed by atoms with Crippen LogP contribution in [0.2, 0.25) is 0 Å². The van der Waals surface area contributed by atoms with E-state index in [0.717, 1.165) is 52.9 Å². The van der Waals surface area contributed by atoms with Crippen LogP contribution in [0.15, 0.2) is 36.4 Å². The van der Waals surface area contributed by atoms with Crippen molar-refractivity contribution in [2.45, 2.75) is 51.1 Å². The van der Waals surface area contributed by atoms with Crippen LogP contribution in [0.3, 0.4) is 0 Å².